The van der Waals surface area contributed by atoms with E-state index in [1.54, 1.807) is 0 Å². The highest BCUT2D eigenvalue weighted by Crippen LogP contribution is 1.85. The summed E-state index contributed by atoms with van der Waals surface area (Å²) in [6, 6.07) is 21.4. The van der Waals surface area contributed by atoms with Crippen LogP contribution in [0.25, 0.3) is 0 Å². The van der Waals surface area contributed by atoms with Gasteiger partial charge in [-0.3, -0.25) is 0 Å². The van der Waals surface area contributed by atoms with E-state index >= 15 is 0 Å². The summed E-state index contributed by atoms with van der Waals surface area (Å²) in [7, 11) is 0. The topological polar surface area (TPSA) is 60.4 Å². The zero-order chi connectivity index (χ0) is 12.5. The Bertz CT molecular complexity index is 401. The fraction of sp³-hybridized carbons (Fsp3) is 0. The average Bonchev–Trinajstić information content (AvgIpc) is 2.31. The first-order valence-corrected chi connectivity index (χ1v) is 6.99. The molecule has 0 heterocycles. The molecule has 4 heteroatoms. The van der Waals surface area contributed by atoms with Gasteiger partial charge in [-0.15, -0.1) is 0 Å². The Kier molecular flexibility index (Phi) is 6.09. The fourth-order valence-corrected chi connectivity index (χ4v) is 3.35. The second-order valence-corrected chi connectivity index (χ2v) is 5.98. The van der Waals surface area contributed by atoms with Crippen LogP contribution < -0.4 is 26.3 Å². The van der Waals surface area contributed by atoms with Gasteiger partial charge in [-0.25, -0.2) is 0 Å². The molecule has 0 fully saturated rings. The van der Waals surface area contributed by atoms with Crippen LogP contribution in [0.3, 0.4) is 0 Å². The van der Waals surface area contributed by atoms with Gasteiger partial charge in [0.1, 0.15) is 0 Å². The van der Waals surface area contributed by atoms with Crippen molar-refractivity contribution in [2.24, 2.45) is 0 Å². The molecule has 0 spiro atoms. The first-order chi connectivity index (χ1) is 8.18. The summed E-state index contributed by atoms with van der Waals surface area (Å²) in [5, 5.41) is 15.3. The Labute approximate surface area is 110 Å². The van der Waals surface area contributed by atoms with E-state index in [0.29, 0.717) is 0 Å². The molecule has 0 aromatic heterocycles. The molecule has 1 N–H and O–H groups in total. The molecule has 3 nitrogen and oxygen atoms in total. The van der Waals surface area contributed by atoms with E-state index in [4.69, 9.17) is 15.0 Å². The van der Waals surface area contributed by atoms with Gasteiger partial charge in [0.2, 0.25) is 6.16 Å². The third-order valence-electron chi connectivity index (χ3n) is 1.68. The van der Waals surface area contributed by atoms with Crippen molar-refractivity contribution in [2.45, 2.75) is 0 Å². The number of hydrogen-bond acceptors (Lipinski definition) is 2. The van der Waals surface area contributed by atoms with Gasteiger partial charge in [0.25, 0.3) is 0 Å². The van der Waals surface area contributed by atoms with Crippen LogP contribution in [0.4, 0.5) is 4.79 Å². The molecular formula is C13H11IO3. The Balaban J connectivity index is 0.000000317. The lowest BCUT2D eigenvalue weighted by Gasteiger charge is -1.84. The maximum absolute atomic E-state index is 8.44. The zero-order valence-electron chi connectivity index (χ0n) is 8.92. The van der Waals surface area contributed by atoms with Gasteiger partial charge < -0.3 is 15.0 Å². The third-order valence-corrected chi connectivity index (χ3v) is 4.37. The van der Waals surface area contributed by atoms with Crippen LogP contribution in [-0.2, 0) is 0 Å². The molecule has 0 radical (unpaired) electrons. The number of benzene rings is 2. The quantitative estimate of drug-likeness (QED) is 0.691. The lowest BCUT2D eigenvalue weighted by Crippen LogP contribution is -3.61. The van der Waals surface area contributed by atoms with Crippen LogP contribution in [-0.4, -0.2) is 11.3 Å². The van der Waals surface area contributed by atoms with Crippen molar-refractivity contribution in [1.82, 2.24) is 0 Å². The van der Waals surface area contributed by atoms with E-state index in [-0.39, 0.29) is 21.2 Å². The lowest BCUT2D eigenvalue weighted by molar-refractivity contribution is -0.597. The Morgan fingerprint density at radius 3 is 1.47 bits per heavy atom. The number of halogens is 1. The van der Waals surface area contributed by atoms with Crippen molar-refractivity contribution in [3.05, 3.63) is 67.8 Å². The van der Waals surface area contributed by atoms with Gasteiger partial charge >= 0.3 is 21.2 Å². The zero-order valence-corrected chi connectivity index (χ0v) is 11.1. The summed E-state index contributed by atoms with van der Waals surface area (Å²) in [6.45, 7) is 0. The molecule has 2 aromatic carbocycles. The van der Waals surface area contributed by atoms with Gasteiger partial charge in [-0.1, -0.05) is 36.4 Å². The van der Waals surface area contributed by atoms with Crippen molar-refractivity contribution in [1.29, 1.82) is 0 Å². The average molecular weight is 342 g/mol. The van der Waals surface area contributed by atoms with Crippen LogP contribution in [0.15, 0.2) is 60.7 Å². The molecule has 2 aromatic rings. The minimum atomic E-state index is -2.08. The Morgan fingerprint density at radius 2 is 1.18 bits per heavy atom. The summed E-state index contributed by atoms with van der Waals surface area (Å²) in [5.74, 6) is 0. The van der Waals surface area contributed by atoms with E-state index in [0.717, 1.165) is 0 Å². The van der Waals surface area contributed by atoms with Crippen LogP contribution in [0.5, 0.6) is 0 Å². The smallest absolute Gasteiger partial charge is 0.357 e. The minimum absolute atomic E-state index is 0.0287. The molecule has 0 saturated carbocycles. The monoisotopic (exact) mass is 342 g/mol. The predicted octanol–water partition coefficient (Wildman–Crippen LogP) is -1.30. The number of carbonyl (C=O) groups is 1. The van der Waals surface area contributed by atoms with Gasteiger partial charge in [0, 0.05) is 0 Å². The second-order valence-electron chi connectivity index (χ2n) is 2.95. The normalized spacial score (nSPS) is 8.94. The number of carboxylic acid groups (broad SMARTS) is 2. The number of rotatable bonds is 2. The second kappa shape index (κ2) is 7.67. The molecule has 0 amide bonds. The van der Waals surface area contributed by atoms with Crippen molar-refractivity contribution < 1.29 is 36.2 Å². The standard InChI is InChI=1S/C12H10I.CH2O3/c1-3-7-11(8-4-1)13-12-9-5-2-6-10-12;2-1(3)4/h1-10H;(H2,2,3,4)/q+1;/p-1. The minimum Gasteiger partial charge on any atom is -0.565 e. The highest BCUT2D eigenvalue weighted by Gasteiger charge is 2.12. The summed E-state index contributed by atoms with van der Waals surface area (Å²) >= 11 is 0.0287. The molecule has 2 rings (SSSR count). The van der Waals surface area contributed by atoms with E-state index in [1.807, 2.05) is 0 Å². The SMILES string of the molecule is O=C([O-])O.c1ccc([I+]c2ccccc2)cc1. The summed E-state index contributed by atoms with van der Waals surface area (Å²) in [6.07, 6.45) is -2.08. The van der Waals surface area contributed by atoms with Crippen molar-refractivity contribution in [2.75, 3.05) is 0 Å². The molecular weight excluding hydrogens is 331 g/mol. The number of hydrogen-bond donors (Lipinski definition) is 1. The molecule has 0 unspecified atom stereocenters. The van der Waals surface area contributed by atoms with Crippen LogP contribution in [0, 0.1) is 7.14 Å². The fourth-order valence-electron chi connectivity index (χ4n) is 1.08. The maximum atomic E-state index is 8.44. The molecule has 0 atom stereocenters. The van der Waals surface area contributed by atoms with E-state index in [2.05, 4.69) is 60.7 Å². The van der Waals surface area contributed by atoms with Crippen LogP contribution in [0.2, 0.25) is 0 Å². The van der Waals surface area contributed by atoms with Gasteiger partial charge in [-0.2, -0.15) is 0 Å². The van der Waals surface area contributed by atoms with Gasteiger partial charge in [0.05, 0.1) is 0 Å². The van der Waals surface area contributed by atoms with Gasteiger partial charge in [0.15, 0.2) is 7.14 Å². The predicted molar refractivity (Wildman–Crippen MR) is 58.3 cm³/mol. The van der Waals surface area contributed by atoms with Crippen molar-refractivity contribution in [3.8, 4) is 0 Å². The summed E-state index contributed by atoms with van der Waals surface area (Å²) in [5.41, 5.74) is 0. The molecule has 0 bridgehead atoms. The summed E-state index contributed by atoms with van der Waals surface area (Å²) in [4.78, 5) is 8.44. The highest BCUT2D eigenvalue weighted by atomic mass is 127. The molecule has 0 aliphatic rings. The summed E-state index contributed by atoms with van der Waals surface area (Å²) < 4.78 is 2.96. The van der Waals surface area contributed by atoms with E-state index < -0.39 is 6.16 Å². The maximum Gasteiger partial charge on any atom is 0.357 e. The molecule has 17 heavy (non-hydrogen) atoms. The van der Waals surface area contributed by atoms with Crippen molar-refractivity contribution in [3.63, 3.8) is 0 Å². The molecule has 0 saturated heterocycles. The van der Waals surface area contributed by atoms with Crippen molar-refractivity contribution >= 4 is 6.16 Å². The first kappa shape index (κ1) is 13.5. The van der Waals surface area contributed by atoms with E-state index in [1.165, 1.54) is 7.14 Å². The van der Waals surface area contributed by atoms with Crippen LogP contribution >= 0.6 is 0 Å². The molecule has 0 aliphatic carbocycles. The Morgan fingerprint density at radius 1 is 0.882 bits per heavy atom. The molecule has 88 valence electrons. The Hall–Kier alpha value is -1.56. The molecule has 0 aliphatic heterocycles. The highest BCUT2D eigenvalue weighted by molar-refractivity contribution is 5.50. The van der Waals surface area contributed by atoms with Gasteiger partial charge in [-0.05, 0) is 24.3 Å². The lowest BCUT2D eigenvalue weighted by atomic mass is 10.4. The first-order valence-electron chi connectivity index (χ1n) is 4.83. The third kappa shape index (κ3) is 6.57. The van der Waals surface area contributed by atoms with E-state index in [9.17, 15) is 0 Å². The largest absolute Gasteiger partial charge is 0.565 e. The van der Waals surface area contributed by atoms with Crippen LogP contribution in [0.1, 0.15) is 0 Å².